The fraction of sp³-hybridized carbons (Fsp3) is 0.357. The monoisotopic (exact) mass is 570 g/mol. The van der Waals surface area contributed by atoms with Crippen molar-refractivity contribution in [1.82, 2.24) is 40.0 Å². The predicted octanol–water partition coefficient (Wildman–Crippen LogP) is 2.79. The molecular formula is C28H30N10O2S. The van der Waals surface area contributed by atoms with Crippen LogP contribution >= 0.6 is 11.3 Å². The van der Waals surface area contributed by atoms with Crippen LogP contribution in [0.3, 0.4) is 0 Å². The number of piperidine rings is 1. The van der Waals surface area contributed by atoms with E-state index in [1.165, 1.54) is 16.1 Å². The molecule has 0 unspecified atom stereocenters. The van der Waals surface area contributed by atoms with E-state index in [0.29, 0.717) is 29.9 Å². The summed E-state index contributed by atoms with van der Waals surface area (Å²) in [5.74, 6) is 3.87. The molecule has 1 atom stereocenters. The van der Waals surface area contributed by atoms with Crippen LogP contribution in [0.5, 0.6) is 0 Å². The summed E-state index contributed by atoms with van der Waals surface area (Å²) in [6.45, 7) is 5.22. The first-order valence-corrected chi connectivity index (χ1v) is 14.4. The number of nitrogens with zero attached hydrogens (tertiary/aromatic N) is 8. The summed E-state index contributed by atoms with van der Waals surface area (Å²) in [4.78, 5) is 27.8. The molecule has 2 N–H and O–H groups in total. The SMILES string of the molecule is C#CC(=O)N1CCC[C@H](Nc2cc(CN3CCOCC3)cc(Nc3ncc(-c4nnn(-c5ccccc5)n4)s3)n2)C1. The van der Waals surface area contributed by atoms with E-state index in [9.17, 15) is 4.79 Å². The standard InChI is InChI=1S/C28H30N10O2S/c1-2-26(39)37-10-6-7-21(19-37)30-24-15-20(18-36-11-13-40-14-12-36)16-25(31-24)32-28-29-17-23(41-28)27-33-35-38(34-27)22-8-4-3-5-9-22/h1,3-5,8-9,15-17,21H,6-7,10-14,18-19H2,(H2,29,30,31,32)/t21-/m0/s1. The van der Waals surface area contributed by atoms with Gasteiger partial charge in [0.25, 0.3) is 5.91 Å². The van der Waals surface area contributed by atoms with Crippen LogP contribution in [0.15, 0.2) is 48.7 Å². The molecule has 13 heteroatoms. The number of ether oxygens (including phenoxy) is 1. The van der Waals surface area contributed by atoms with E-state index in [-0.39, 0.29) is 11.9 Å². The van der Waals surface area contributed by atoms with Crippen LogP contribution in [0.4, 0.5) is 16.8 Å². The third-order valence-corrected chi connectivity index (χ3v) is 7.85. The first-order chi connectivity index (χ1) is 20.1. The van der Waals surface area contributed by atoms with E-state index in [0.717, 1.165) is 67.6 Å². The lowest BCUT2D eigenvalue weighted by Crippen LogP contribution is -2.44. The van der Waals surface area contributed by atoms with Crippen molar-refractivity contribution in [3.8, 4) is 28.7 Å². The maximum Gasteiger partial charge on any atom is 0.298 e. The van der Waals surface area contributed by atoms with Gasteiger partial charge in [-0.25, -0.2) is 9.97 Å². The molecule has 1 amide bonds. The number of hydrogen-bond acceptors (Lipinski definition) is 11. The van der Waals surface area contributed by atoms with Gasteiger partial charge in [-0.3, -0.25) is 9.69 Å². The number of likely N-dealkylation sites (tertiary alicyclic amines) is 1. The first kappa shape index (κ1) is 26.8. The third-order valence-electron chi connectivity index (χ3n) is 6.94. The maximum absolute atomic E-state index is 12.1. The van der Waals surface area contributed by atoms with Gasteiger partial charge in [0.15, 0.2) is 5.13 Å². The Morgan fingerprint density at radius 2 is 1.98 bits per heavy atom. The second kappa shape index (κ2) is 12.4. The number of anilines is 3. The minimum absolute atomic E-state index is 0.0600. The maximum atomic E-state index is 12.1. The van der Waals surface area contributed by atoms with E-state index in [4.69, 9.17) is 16.1 Å². The van der Waals surface area contributed by atoms with Crippen molar-refractivity contribution in [1.29, 1.82) is 0 Å². The summed E-state index contributed by atoms with van der Waals surface area (Å²) in [5.41, 5.74) is 1.95. The molecule has 2 saturated heterocycles. The molecular weight excluding hydrogens is 540 g/mol. The van der Waals surface area contributed by atoms with Gasteiger partial charge >= 0.3 is 0 Å². The van der Waals surface area contributed by atoms with E-state index >= 15 is 0 Å². The van der Waals surface area contributed by atoms with Gasteiger partial charge in [0.2, 0.25) is 5.82 Å². The largest absolute Gasteiger partial charge is 0.379 e. The zero-order valence-electron chi connectivity index (χ0n) is 22.4. The normalized spacial score (nSPS) is 17.6. The lowest BCUT2D eigenvalue weighted by molar-refractivity contribution is -0.126. The average molecular weight is 571 g/mol. The number of rotatable bonds is 8. The van der Waals surface area contributed by atoms with Gasteiger partial charge in [0.05, 0.1) is 30.0 Å². The number of aromatic nitrogens is 6. The zero-order valence-corrected chi connectivity index (χ0v) is 23.3. The van der Waals surface area contributed by atoms with E-state index in [1.807, 2.05) is 36.4 Å². The minimum Gasteiger partial charge on any atom is -0.379 e. The summed E-state index contributed by atoms with van der Waals surface area (Å²) in [6.07, 6.45) is 8.90. The molecule has 12 nitrogen and oxygen atoms in total. The van der Waals surface area contributed by atoms with Crippen LogP contribution < -0.4 is 10.6 Å². The number of benzene rings is 1. The summed E-state index contributed by atoms with van der Waals surface area (Å²) >= 11 is 1.43. The van der Waals surface area contributed by atoms with Crippen LogP contribution in [0.1, 0.15) is 18.4 Å². The number of para-hydroxylation sites is 1. The van der Waals surface area contributed by atoms with Crippen LogP contribution in [0.25, 0.3) is 16.4 Å². The zero-order chi connectivity index (χ0) is 28.0. The Balaban J connectivity index is 1.20. The topological polar surface area (TPSA) is 126 Å². The minimum atomic E-state index is -0.272. The van der Waals surface area contributed by atoms with Crippen LogP contribution in [0, 0.1) is 12.3 Å². The Hall–Kier alpha value is -4.38. The molecule has 2 aliphatic rings. The number of pyridine rings is 1. The van der Waals surface area contributed by atoms with Crippen molar-refractivity contribution >= 4 is 34.0 Å². The van der Waals surface area contributed by atoms with Crippen molar-refractivity contribution < 1.29 is 9.53 Å². The Morgan fingerprint density at radius 3 is 2.80 bits per heavy atom. The molecule has 5 heterocycles. The number of nitrogens with one attached hydrogen (secondary N) is 2. The second-order valence-electron chi connectivity index (χ2n) is 9.91. The molecule has 6 rings (SSSR count). The molecule has 1 aromatic carbocycles. The quantitative estimate of drug-likeness (QED) is 0.306. The smallest absolute Gasteiger partial charge is 0.298 e. The second-order valence-corrected chi connectivity index (χ2v) is 10.9. The molecule has 0 saturated carbocycles. The first-order valence-electron chi connectivity index (χ1n) is 13.5. The third kappa shape index (κ3) is 6.68. The van der Waals surface area contributed by atoms with Gasteiger partial charge in [0.1, 0.15) is 11.6 Å². The highest BCUT2D eigenvalue weighted by atomic mass is 32.1. The van der Waals surface area contributed by atoms with Gasteiger partial charge < -0.3 is 20.3 Å². The summed E-state index contributed by atoms with van der Waals surface area (Å²) < 4.78 is 5.52. The van der Waals surface area contributed by atoms with Crippen molar-refractivity contribution in [3.05, 3.63) is 54.2 Å². The highest BCUT2D eigenvalue weighted by Crippen LogP contribution is 2.29. The van der Waals surface area contributed by atoms with Gasteiger partial charge in [-0.15, -0.1) is 21.4 Å². The Kier molecular flexibility index (Phi) is 8.13. The van der Waals surface area contributed by atoms with Crippen LogP contribution in [-0.4, -0.2) is 91.3 Å². The number of amides is 1. The molecule has 0 aliphatic carbocycles. The van der Waals surface area contributed by atoms with Gasteiger partial charge in [-0.05, 0) is 53.8 Å². The summed E-state index contributed by atoms with van der Waals surface area (Å²) in [7, 11) is 0. The average Bonchev–Trinajstić information content (AvgIpc) is 3.68. The van der Waals surface area contributed by atoms with E-state index < -0.39 is 0 Å². The molecule has 3 aromatic heterocycles. The highest BCUT2D eigenvalue weighted by Gasteiger charge is 2.23. The summed E-state index contributed by atoms with van der Waals surface area (Å²) in [5, 5.41) is 20.5. The Morgan fingerprint density at radius 1 is 1.15 bits per heavy atom. The van der Waals surface area contributed by atoms with Gasteiger partial charge in [-0.1, -0.05) is 29.5 Å². The molecule has 0 spiro atoms. The molecule has 2 aliphatic heterocycles. The van der Waals surface area contributed by atoms with E-state index in [2.05, 4.69) is 47.9 Å². The molecule has 41 heavy (non-hydrogen) atoms. The van der Waals surface area contributed by atoms with E-state index in [1.54, 1.807) is 11.1 Å². The summed E-state index contributed by atoms with van der Waals surface area (Å²) in [6, 6.07) is 13.8. The lowest BCUT2D eigenvalue weighted by Gasteiger charge is -2.32. The number of tetrazole rings is 1. The fourth-order valence-corrected chi connectivity index (χ4v) is 5.69. The molecule has 0 radical (unpaired) electrons. The number of terminal acetylenes is 1. The predicted molar refractivity (Wildman–Crippen MR) is 156 cm³/mol. The number of carbonyl (C=O) groups is 1. The fourth-order valence-electron chi connectivity index (χ4n) is 4.94. The molecule has 210 valence electrons. The number of thiazole rings is 1. The molecule has 4 aromatic rings. The van der Waals surface area contributed by atoms with Crippen molar-refractivity contribution in [2.45, 2.75) is 25.4 Å². The van der Waals surface area contributed by atoms with Crippen LogP contribution in [-0.2, 0) is 16.1 Å². The number of carbonyl (C=O) groups excluding carboxylic acids is 1. The van der Waals surface area contributed by atoms with Crippen molar-refractivity contribution in [2.24, 2.45) is 0 Å². The van der Waals surface area contributed by atoms with Crippen molar-refractivity contribution in [3.63, 3.8) is 0 Å². The Labute approximate surface area is 241 Å². The molecule has 0 bridgehead atoms. The van der Waals surface area contributed by atoms with Gasteiger partial charge in [-0.2, -0.15) is 0 Å². The lowest BCUT2D eigenvalue weighted by atomic mass is 10.1. The van der Waals surface area contributed by atoms with Gasteiger partial charge in [0, 0.05) is 38.8 Å². The Bertz CT molecular complexity index is 1530. The van der Waals surface area contributed by atoms with Crippen molar-refractivity contribution in [2.75, 3.05) is 50.0 Å². The number of hydrogen-bond donors (Lipinski definition) is 2. The highest BCUT2D eigenvalue weighted by molar-refractivity contribution is 7.18. The number of morpholine rings is 1. The molecule has 2 fully saturated rings. The van der Waals surface area contributed by atoms with Crippen LogP contribution in [0.2, 0.25) is 0 Å².